The Morgan fingerprint density at radius 1 is 1.14 bits per heavy atom. The number of carbonyl (C=O) groups is 1. The van der Waals surface area contributed by atoms with E-state index in [1.807, 2.05) is 0 Å². The molecule has 0 bridgehead atoms. The average Bonchev–Trinajstić information content (AvgIpc) is 2.47. The normalized spacial score (nSPS) is 12.0. The molecular formula is C16H14F3NO2. The van der Waals surface area contributed by atoms with Gasteiger partial charge in [0.2, 0.25) is 0 Å². The van der Waals surface area contributed by atoms with E-state index in [0.717, 1.165) is 18.2 Å². The second-order valence-electron chi connectivity index (χ2n) is 4.79. The summed E-state index contributed by atoms with van der Waals surface area (Å²) in [5.41, 5.74) is 0.293. The second kappa shape index (κ2) is 6.62. The van der Waals surface area contributed by atoms with E-state index in [0.29, 0.717) is 0 Å². The third-order valence-electron chi connectivity index (χ3n) is 3.18. The van der Waals surface area contributed by atoms with E-state index >= 15 is 0 Å². The lowest BCUT2D eigenvalue weighted by Gasteiger charge is -2.15. The van der Waals surface area contributed by atoms with Crippen molar-refractivity contribution < 1.29 is 23.1 Å². The molecule has 0 saturated heterocycles. The van der Waals surface area contributed by atoms with Gasteiger partial charge < -0.3 is 10.4 Å². The summed E-state index contributed by atoms with van der Waals surface area (Å²) >= 11 is 0. The van der Waals surface area contributed by atoms with E-state index in [9.17, 15) is 23.1 Å². The molecule has 0 aliphatic rings. The highest BCUT2D eigenvalue weighted by atomic mass is 19.2. The van der Waals surface area contributed by atoms with Gasteiger partial charge in [-0.25, -0.2) is 13.2 Å². The molecule has 0 radical (unpaired) electrons. The number of ketones is 1. The molecule has 0 spiro atoms. The standard InChI is InChI=1S/C16H14F3NO2/c1-9(21)16-12(18)3-2-4-14(16)20-8-15(22)10-5-6-11(17)13(19)7-10/h2-7,15,20,22H,8H2,1H3/t15-/m1/s1. The van der Waals surface area contributed by atoms with Gasteiger partial charge in [-0.3, -0.25) is 4.79 Å². The molecule has 0 fully saturated rings. The number of carbonyl (C=O) groups excluding carboxylic acids is 1. The molecule has 2 N–H and O–H groups in total. The Labute approximate surface area is 125 Å². The van der Waals surface area contributed by atoms with Gasteiger partial charge in [-0.05, 0) is 36.8 Å². The first kappa shape index (κ1) is 16.0. The molecule has 3 nitrogen and oxygen atoms in total. The minimum atomic E-state index is -1.14. The number of rotatable bonds is 5. The van der Waals surface area contributed by atoms with Gasteiger partial charge in [0.05, 0.1) is 11.7 Å². The summed E-state index contributed by atoms with van der Waals surface area (Å²) in [6.45, 7) is 1.14. The summed E-state index contributed by atoms with van der Waals surface area (Å²) in [5, 5.41) is 12.7. The Kier molecular flexibility index (Phi) is 4.82. The third kappa shape index (κ3) is 3.46. The van der Waals surface area contributed by atoms with Crippen LogP contribution >= 0.6 is 0 Å². The summed E-state index contributed by atoms with van der Waals surface area (Å²) < 4.78 is 39.6. The largest absolute Gasteiger partial charge is 0.387 e. The van der Waals surface area contributed by atoms with Crippen LogP contribution < -0.4 is 5.32 Å². The van der Waals surface area contributed by atoms with Crippen molar-refractivity contribution in [1.29, 1.82) is 0 Å². The van der Waals surface area contributed by atoms with E-state index in [1.165, 1.54) is 25.1 Å². The molecule has 2 aromatic rings. The predicted molar refractivity (Wildman–Crippen MR) is 76.2 cm³/mol. The van der Waals surface area contributed by atoms with Gasteiger partial charge in [0.15, 0.2) is 17.4 Å². The summed E-state index contributed by atoms with van der Waals surface area (Å²) in [6.07, 6.45) is -1.14. The molecule has 0 amide bonds. The van der Waals surface area contributed by atoms with Crippen LogP contribution in [0.25, 0.3) is 0 Å². The molecule has 0 aliphatic carbocycles. The van der Waals surface area contributed by atoms with Gasteiger partial charge >= 0.3 is 0 Å². The summed E-state index contributed by atoms with van der Waals surface area (Å²) in [7, 11) is 0. The van der Waals surface area contributed by atoms with Gasteiger partial charge in [0.25, 0.3) is 0 Å². The minimum Gasteiger partial charge on any atom is -0.387 e. The highest BCUT2D eigenvalue weighted by Crippen LogP contribution is 2.22. The van der Waals surface area contributed by atoms with Crippen LogP contribution in [0.4, 0.5) is 18.9 Å². The molecule has 2 rings (SSSR count). The van der Waals surface area contributed by atoms with Crippen molar-refractivity contribution in [2.24, 2.45) is 0 Å². The highest BCUT2D eigenvalue weighted by molar-refractivity contribution is 5.99. The Morgan fingerprint density at radius 2 is 1.86 bits per heavy atom. The first-order chi connectivity index (χ1) is 10.4. The van der Waals surface area contributed by atoms with Crippen molar-refractivity contribution >= 4 is 11.5 Å². The smallest absolute Gasteiger partial charge is 0.164 e. The first-order valence-corrected chi connectivity index (χ1v) is 6.56. The van der Waals surface area contributed by atoms with Crippen molar-refractivity contribution in [3.63, 3.8) is 0 Å². The number of anilines is 1. The van der Waals surface area contributed by atoms with Crippen LogP contribution in [0.5, 0.6) is 0 Å². The van der Waals surface area contributed by atoms with Crippen LogP contribution in [-0.4, -0.2) is 17.4 Å². The summed E-state index contributed by atoms with van der Waals surface area (Å²) in [5.74, 6) is -3.19. The molecule has 1 atom stereocenters. The Hall–Kier alpha value is -2.34. The summed E-state index contributed by atoms with van der Waals surface area (Å²) in [6, 6.07) is 7.14. The first-order valence-electron chi connectivity index (χ1n) is 6.56. The van der Waals surface area contributed by atoms with Crippen molar-refractivity contribution in [2.45, 2.75) is 13.0 Å². The quantitative estimate of drug-likeness (QED) is 0.832. The number of halogens is 3. The van der Waals surface area contributed by atoms with Crippen LogP contribution in [0.15, 0.2) is 36.4 Å². The van der Waals surface area contributed by atoms with Gasteiger partial charge in [-0.2, -0.15) is 0 Å². The van der Waals surface area contributed by atoms with Gasteiger partial charge in [-0.15, -0.1) is 0 Å². The van der Waals surface area contributed by atoms with E-state index in [4.69, 9.17) is 0 Å². The molecule has 0 unspecified atom stereocenters. The Bertz CT molecular complexity index is 704. The molecule has 6 heteroatoms. The van der Waals surface area contributed by atoms with Crippen LogP contribution in [-0.2, 0) is 0 Å². The topological polar surface area (TPSA) is 49.3 Å². The molecule has 22 heavy (non-hydrogen) atoms. The van der Waals surface area contributed by atoms with Crippen molar-refractivity contribution in [1.82, 2.24) is 0 Å². The van der Waals surface area contributed by atoms with Gasteiger partial charge in [-0.1, -0.05) is 12.1 Å². The molecule has 0 saturated carbocycles. The fraction of sp³-hybridized carbons (Fsp3) is 0.188. The van der Waals surface area contributed by atoms with E-state index in [2.05, 4.69) is 5.32 Å². The Balaban J connectivity index is 2.14. The highest BCUT2D eigenvalue weighted by Gasteiger charge is 2.15. The number of aliphatic hydroxyl groups is 1. The Morgan fingerprint density at radius 3 is 2.50 bits per heavy atom. The molecule has 0 aliphatic heterocycles. The fourth-order valence-corrected chi connectivity index (χ4v) is 2.07. The molecule has 0 heterocycles. The van der Waals surface area contributed by atoms with E-state index < -0.39 is 29.3 Å². The molecule has 2 aromatic carbocycles. The lowest BCUT2D eigenvalue weighted by molar-refractivity contribution is 0.101. The number of aliphatic hydroxyl groups excluding tert-OH is 1. The minimum absolute atomic E-state index is 0.0885. The molecule has 0 aromatic heterocycles. The van der Waals surface area contributed by atoms with Gasteiger partial charge in [0.1, 0.15) is 5.82 Å². The zero-order valence-corrected chi connectivity index (χ0v) is 11.7. The number of nitrogens with one attached hydrogen (secondary N) is 1. The average molecular weight is 309 g/mol. The predicted octanol–water partition coefficient (Wildman–Crippen LogP) is 3.45. The van der Waals surface area contributed by atoms with Crippen molar-refractivity contribution in [3.8, 4) is 0 Å². The monoisotopic (exact) mass is 309 g/mol. The summed E-state index contributed by atoms with van der Waals surface area (Å²) in [4.78, 5) is 11.5. The number of hydrogen-bond donors (Lipinski definition) is 2. The second-order valence-corrected chi connectivity index (χ2v) is 4.79. The fourth-order valence-electron chi connectivity index (χ4n) is 2.07. The maximum atomic E-state index is 13.6. The van der Waals surface area contributed by atoms with E-state index in [1.54, 1.807) is 0 Å². The number of hydrogen-bond acceptors (Lipinski definition) is 3. The lowest BCUT2D eigenvalue weighted by atomic mass is 10.1. The van der Waals surface area contributed by atoms with Crippen molar-refractivity contribution in [3.05, 3.63) is 65.0 Å². The van der Waals surface area contributed by atoms with Crippen molar-refractivity contribution in [2.75, 3.05) is 11.9 Å². The van der Waals surface area contributed by atoms with E-state index in [-0.39, 0.29) is 23.4 Å². The zero-order chi connectivity index (χ0) is 16.3. The number of Topliss-reactive ketones (excluding diaryl/α,β-unsaturated/α-hetero) is 1. The van der Waals surface area contributed by atoms with Crippen LogP contribution in [0.2, 0.25) is 0 Å². The zero-order valence-electron chi connectivity index (χ0n) is 11.7. The van der Waals surface area contributed by atoms with Crippen LogP contribution in [0.1, 0.15) is 28.9 Å². The SMILES string of the molecule is CC(=O)c1c(F)cccc1NC[C@@H](O)c1ccc(F)c(F)c1. The maximum absolute atomic E-state index is 13.6. The maximum Gasteiger partial charge on any atom is 0.164 e. The number of benzene rings is 2. The van der Waals surface area contributed by atoms with Crippen LogP contribution in [0.3, 0.4) is 0 Å². The lowest BCUT2D eigenvalue weighted by Crippen LogP contribution is -2.15. The third-order valence-corrected chi connectivity index (χ3v) is 3.18. The molecule has 116 valence electrons. The molecular weight excluding hydrogens is 295 g/mol. The van der Waals surface area contributed by atoms with Gasteiger partial charge in [0, 0.05) is 12.2 Å². The van der Waals surface area contributed by atoms with Crippen LogP contribution in [0, 0.1) is 17.5 Å².